The highest BCUT2D eigenvalue weighted by Crippen LogP contribution is 2.19. The van der Waals surface area contributed by atoms with Crippen LogP contribution in [0.2, 0.25) is 0 Å². The van der Waals surface area contributed by atoms with Crippen LogP contribution < -0.4 is 15.4 Å². The first kappa shape index (κ1) is 25.8. The van der Waals surface area contributed by atoms with E-state index in [2.05, 4.69) is 10.6 Å². The van der Waals surface area contributed by atoms with Crippen molar-refractivity contribution in [1.29, 1.82) is 0 Å². The molecule has 0 bridgehead atoms. The van der Waals surface area contributed by atoms with Crippen LogP contribution >= 0.6 is 12.2 Å². The van der Waals surface area contributed by atoms with Crippen molar-refractivity contribution in [3.05, 3.63) is 90.5 Å². The van der Waals surface area contributed by atoms with Crippen LogP contribution in [0.25, 0.3) is 11.1 Å². The minimum atomic E-state index is -0.885. The maximum absolute atomic E-state index is 12.8. The Hall–Kier alpha value is -4.24. The highest BCUT2D eigenvalue weighted by Gasteiger charge is 2.34. The van der Waals surface area contributed by atoms with Crippen molar-refractivity contribution in [2.24, 2.45) is 0 Å². The van der Waals surface area contributed by atoms with Gasteiger partial charge in [0.1, 0.15) is 25.0 Å². The number of thiocarbonyl (C=S) groups is 1. The van der Waals surface area contributed by atoms with Gasteiger partial charge in [-0.1, -0.05) is 60.7 Å². The van der Waals surface area contributed by atoms with Crippen LogP contribution in [0.3, 0.4) is 0 Å². The molecule has 0 aliphatic carbocycles. The second-order valence-electron chi connectivity index (χ2n) is 8.29. The summed E-state index contributed by atoms with van der Waals surface area (Å²) in [5.41, 5.74) is 2.46. The van der Waals surface area contributed by atoms with Crippen molar-refractivity contribution >= 4 is 35.1 Å². The van der Waals surface area contributed by atoms with Gasteiger partial charge < -0.3 is 19.7 Å². The van der Waals surface area contributed by atoms with E-state index in [-0.39, 0.29) is 30.7 Å². The van der Waals surface area contributed by atoms with Gasteiger partial charge >= 0.3 is 5.97 Å². The second-order valence-corrected chi connectivity index (χ2v) is 8.68. The quantitative estimate of drug-likeness (QED) is 0.269. The van der Waals surface area contributed by atoms with E-state index in [1.807, 2.05) is 60.7 Å². The fraction of sp³-hybridized carbons (Fsp3) is 0.214. The van der Waals surface area contributed by atoms with Gasteiger partial charge in [-0.3, -0.25) is 19.7 Å². The topological polar surface area (TPSA) is 97.0 Å². The van der Waals surface area contributed by atoms with Gasteiger partial charge in [0, 0.05) is 18.7 Å². The lowest BCUT2D eigenvalue weighted by atomic mass is 10.0. The number of carbonyl (C=O) groups excluding carboxylic acids is 3. The first-order valence-electron chi connectivity index (χ1n) is 11.9. The molecule has 2 amide bonds. The summed E-state index contributed by atoms with van der Waals surface area (Å²) >= 11 is 5.44. The highest BCUT2D eigenvalue weighted by atomic mass is 32.1. The van der Waals surface area contributed by atoms with Crippen LogP contribution in [-0.4, -0.2) is 60.1 Å². The lowest BCUT2D eigenvalue weighted by Crippen LogP contribution is -2.60. The second kappa shape index (κ2) is 12.6. The number of nitrogens with zero attached hydrogens (tertiary/aromatic N) is 1. The molecule has 1 aliphatic heterocycles. The maximum Gasteiger partial charge on any atom is 0.308 e. The zero-order chi connectivity index (χ0) is 26.0. The summed E-state index contributed by atoms with van der Waals surface area (Å²) < 4.78 is 10.7. The van der Waals surface area contributed by atoms with Crippen molar-refractivity contribution in [2.45, 2.75) is 12.5 Å². The molecule has 37 heavy (non-hydrogen) atoms. The van der Waals surface area contributed by atoms with Crippen molar-refractivity contribution in [2.75, 3.05) is 26.3 Å². The molecule has 1 saturated heterocycles. The van der Waals surface area contributed by atoms with Gasteiger partial charge in [0.15, 0.2) is 5.11 Å². The van der Waals surface area contributed by atoms with E-state index in [1.165, 1.54) is 0 Å². The van der Waals surface area contributed by atoms with Gasteiger partial charge in [0.25, 0.3) is 5.91 Å². The summed E-state index contributed by atoms with van der Waals surface area (Å²) in [5, 5.41) is 5.50. The third kappa shape index (κ3) is 7.14. The average Bonchev–Trinajstić information content (AvgIpc) is 2.93. The van der Waals surface area contributed by atoms with Gasteiger partial charge in [-0.15, -0.1) is 0 Å². The van der Waals surface area contributed by atoms with E-state index in [9.17, 15) is 14.4 Å². The summed E-state index contributed by atoms with van der Waals surface area (Å²) in [6, 6.07) is 25.3. The number of hydrogen-bond acceptors (Lipinski definition) is 6. The summed E-state index contributed by atoms with van der Waals surface area (Å²) in [6.45, 7) is 0.931. The van der Waals surface area contributed by atoms with Gasteiger partial charge in [0.2, 0.25) is 5.91 Å². The third-order valence-electron chi connectivity index (χ3n) is 5.78. The number of benzene rings is 3. The number of carbonyl (C=O) groups is 3. The number of ether oxygens (including phenoxy) is 2. The Morgan fingerprint density at radius 2 is 1.57 bits per heavy atom. The molecule has 1 fully saturated rings. The van der Waals surface area contributed by atoms with Gasteiger partial charge in [-0.05, 0) is 47.6 Å². The Labute approximate surface area is 220 Å². The Morgan fingerprint density at radius 1 is 0.919 bits per heavy atom. The molecule has 9 heteroatoms. The number of nitrogens with one attached hydrogen (secondary N) is 2. The summed E-state index contributed by atoms with van der Waals surface area (Å²) in [7, 11) is 0. The maximum atomic E-state index is 12.8. The first-order chi connectivity index (χ1) is 18.0. The van der Waals surface area contributed by atoms with E-state index in [0.717, 1.165) is 11.1 Å². The van der Waals surface area contributed by atoms with E-state index < -0.39 is 17.9 Å². The molecule has 4 rings (SSSR count). The van der Waals surface area contributed by atoms with E-state index in [4.69, 9.17) is 21.7 Å². The summed E-state index contributed by atoms with van der Waals surface area (Å²) in [4.78, 5) is 39.3. The van der Waals surface area contributed by atoms with Crippen LogP contribution in [0.4, 0.5) is 0 Å². The van der Waals surface area contributed by atoms with Gasteiger partial charge in [-0.25, -0.2) is 0 Å². The minimum Gasteiger partial charge on any atom is -0.490 e. The Balaban J connectivity index is 1.30. The molecule has 0 radical (unpaired) electrons. The number of piperazine rings is 1. The minimum absolute atomic E-state index is 0.0439. The molecule has 1 atom stereocenters. The zero-order valence-electron chi connectivity index (χ0n) is 20.1. The molecule has 0 aromatic heterocycles. The first-order valence-corrected chi connectivity index (χ1v) is 12.3. The molecular weight excluding hydrogens is 490 g/mol. The Bertz CT molecular complexity index is 1240. The smallest absolute Gasteiger partial charge is 0.308 e. The standard InChI is InChI=1S/C28H27N3O5S/c32-25(36-18-17-35-23-9-5-2-6-10-23)19-24-27(34)29-15-16-31(24)28(37)30-26(33)22-13-11-21(12-14-22)20-7-3-1-4-8-20/h1-14,24H,15-19H2,(H,29,34)(H,30,33,37). The molecule has 1 unspecified atom stereocenters. The zero-order valence-corrected chi connectivity index (χ0v) is 20.9. The van der Waals surface area contributed by atoms with Crippen LogP contribution in [0.1, 0.15) is 16.8 Å². The largest absolute Gasteiger partial charge is 0.490 e. The number of rotatable bonds is 8. The van der Waals surface area contributed by atoms with Crippen LogP contribution in [0.5, 0.6) is 5.75 Å². The van der Waals surface area contributed by atoms with Crippen molar-refractivity contribution in [3.63, 3.8) is 0 Å². The molecule has 0 saturated carbocycles. The molecular formula is C28H27N3O5S. The predicted molar refractivity (Wildman–Crippen MR) is 143 cm³/mol. The summed E-state index contributed by atoms with van der Waals surface area (Å²) in [6.07, 6.45) is -0.209. The number of amides is 2. The van der Waals surface area contributed by atoms with Gasteiger partial charge in [0.05, 0.1) is 6.42 Å². The molecule has 1 aliphatic rings. The molecule has 0 spiro atoms. The number of hydrogen-bond donors (Lipinski definition) is 2. The van der Waals surface area contributed by atoms with E-state index in [0.29, 0.717) is 24.4 Å². The van der Waals surface area contributed by atoms with Crippen molar-refractivity contribution in [3.8, 4) is 16.9 Å². The van der Waals surface area contributed by atoms with E-state index >= 15 is 0 Å². The average molecular weight is 518 g/mol. The highest BCUT2D eigenvalue weighted by molar-refractivity contribution is 7.80. The SMILES string of the molecule is O=C(CC1C(=O)NCCN1C(=S)NC(=O)c1ccc(-c2ccccc2)cc1)OCCOc1ccccc1. The van der Waals surface area contributed by atoms with Crippen molar-refractivity contribution in [1.82, 2.24) is 15.5 Å². The lowest BCUT2D eigenvalue weighted by molar-refractivity contribution is -0.148. The molecule has 3 aromatic rings. The molecule has 1 heterocycles. The van der Waals surface area contributed by atoms with E-state index in [1.54, 1.807) is 29.2 Å². The van der Waals surface area contributed by atoms with Crippen LogP contribution in [0.15, 0.2) is 84.9 Å². The molecule has 190 valence electrons. The fourth-order valence-corrected chi connectivity index (χ4v) is 4.21. The van der Waals surface area contributed by atoms with Crippen molar-refractivity contribution < 1.29 is 23.9 Å². The monoisotopic (exact) mass is 517 g/mol. The van der Waals surface area contributed by atoms with Crippen LogP contribution in [0, 0.1) is 0 Å². The van der Waals surface area contributed by atoms with Crippen LogP contribution in [-0.2, 0) is 14.3 Å². The number of para-hydroxylation sites is 1. The normalized spacial score (nSPS) is 14.9. The Morgan fingerprint density at radius 3 is 2.27 bits per heavy atom. The fourth-order valence-electron chi connectivity index (χ4n) is 3.89. The molecule has 3 aromatic carbocycles. The number of esters is 1. The summed E-state index contributed by atoms with van der Waals surface area (Å²) in [5.74, 6) is -0.635. The third-order valence-corrected chi connectivity index (χ3v) is 6.12. The predicted octanol–water partition coefficient (Wildman–Crippen LogP) is 3.18. The Kier molecular flexibility index (Phi) is 8.83. The molecule has 2 N–H and O–H groups in total. The van der Waals surface area contributed by atoms with Gasteiger partial charge in [-0.2, -0.15) is 0 Å². The lowest BCUT2D eigenvalue weighted by Gasteiger charge is -2.36. The molecule has 8 nitrogen and oxygen atoms in total.